The molecule has 4 rings (SSSR count). The van der Waals surface area contributed by atoms with Gasteiger partial charge in [-0.15, -0.1) is 0 Å². The van der Waals surface area contributed by atoms with Crippen LogP contribution in [0.5, 0.6) is 0 Å². The summed E-state index contributed by atoms with van der Waals surface area (Å²) in [5, 5.41) is 6.89. The largest absolute Gasteiger partial charge is 0.465 e. The molecular formula is C23H34N6OS. The summed E-state index contributed by atoms with van der Waals surface area (Å²) in [6, 6.07) is 6.55. The van der Waals surface area contributed by atoms with Crippen LogP contribution in [0.1, 0.15) is 57.5 Å². The summed E-state index contributed by atoms with van der Waals surface area (Å²) in [5.74, 6) is 5.05. The minimum absolute atomic E-state index is 0.484. The molecule has 1 atom stereocenters. The van der Waals surface area contributed by atoms with Crippen LogP contribution in [0.25, 0.3) is 0 Å². The van der Waals surface area contributed by atoms with Crippen molar-refractivity contribution in [3.8, 4) is 0 Å². The summed E-state index contributed by atoms with van der Waals surface area (Å²) in [6.45, 7) is 10.2. The van der Waals surface area contributed by atoms with Gasteiger partial charge in [0, 0.05) is 31.7 Å². The van der Waals surface area contributed by atoms with E-state index in [1.165, 1.54) is 32.1 Å². The van der Waals surface area contributed by atoms with Crippen LogP contribution in [0, 0.1) is 12.8 Å². The summed E-state index contributed by atoms with van der Waals surface area (Å²) in [7, 11) is 0. The standard InChI is InChI=1S/C23H34N6OS/c1-16-9-12-28(13-10-16)20-14-21(29-11-5-4-6-17(29)2)26-22(25-20)27-23(31)24-15-19-8-7-18(3)30-19/h7-8,14,16-17H,4-6,9-13,15H2,1-3H3,(H2,24,25,26,27,31)/t17-/m1/s1. The second-order valence-electron chi connectivity index (χ2n) is 8.94. The van der Waals surface area contributed by atoms with E-state index in [-0.39, 0.29) is 0 Å². The van der Waals surface area contributed by atoms with Crippen molar-refractivity contribution in [2.75, 3.05) is 34.8 Å². The van der Waals surface area contributed by atoms with Gasteiger partial charge in [0.25, 0.3) is 0 Å². The molecule has 0 saturated carbocycles. The van der Waals surface area contributed by atoms with E-state index in [2.05, 4.69) is 40.3 Å². The third kappa shape index (κ3) is 5.67. The van der Waals surface area contributed by atoms with Gasteiger partial charge < -0.3 is 24.9 Å². The fourth-order valence-corrected chi connectivity index (χ4v) is 4.52. The Kier molecular flexibility index (Phi) is 6.95. The SMILES string of the molecule is Cc1ccc(CNC(=S)Nc2nc(N3CCC(C)CC3)cc(N3CCCC[C@H]3C)n2)o1. The molecule has 0 spiro atoms. The number of hydrogen-bond acceptors (Lipinski definition) is 6. The molecule has 2 aliphatic rings. The number of thiocarbonyl (C=S) groups is 1. The zero-order valence-electron chi connectivity index (χ0n) is 18.9. The second-order valence-corrected chi connectivity index (χ2v) is 9.34. The predicted octanol–water partition coefficient (Wildman–Crippen LogP) is 4.48. The molecule has 0 amide bonds. The van der Waals surface area contributed by atoms with Crippen molar-refractivity contribution in [2.45, 2.75) is 65.5 Å². The number of aryl methyl sites for hydroxylation is 1. The molecule has 31 heavy (non-hydrogen) atoms. The maximum absolute atomic E-state index is 5.61. The number of piperidine rings is 2. The first-order valence-electron chi connectivity index (χ1n) is 11.5. The van der Waals surface area contributed by atoms with E-state index >= 15 is 0 Å². The Labute approximate surface area is 190 Å². The molecule has 2 aromatic rings. The van der Waals surface area contributed by atoms with Crippen LogP contribution in [-0.4, -0.2) is 40.8 Å². The number of nitrogens with one attached hydrogen (secondary N) is 2. The van der Waals surface area contributed by atoms with Gasteiger partial charge in [-0.2, -0.15) is 9.97 Å². The summed E-state index contributed by atoms with van der Waals surface area (Å²) in [6.07, 6.45) is 6.09. The smallest absolute Gasteiger partial charge is 0.232 e. The Morgan fingerprint density at radius 2 is 1.87 bits per heavy atom. The van der Waals surface area contributed by atoms with Crippen LogP contribution in [0.4, 0.5) is 17.6 Å². The number of furan rings is 1. The Balaban J connectivity index is 1.51. The minimum Gasteiger partial charge on any atom is -0.465 e. The highest BCUT2D eigenvalue weighted by Crippen LogP contribution is 2.29. The molecule has 168 valence electrons. The minimum atomic E-state index is 0.484. The Morgan fingerprint density at radius 1 is 1.10 bits per heavy atom. The lowest BCUT2D eigenvalue weighted by Gasteiger charge is -2.36. The van der Waals surface area contributed by atoms with Crippen LogP contribution in [0.2, 0.25) is 0 Å². The molecule has 2 N–H and O–H groups in total. The van der Waals surface area contributed by atoms with Gasteiger partial charge in [-0.1, -0.05) is 6.92 Å². The molecule has 2 aromatic heterocycles. The zero-order chi connectivity index (χ0) is 21.8. The van der Waals surface area contributed by atoms with Crippen LogP contribution in [0.15, 0.2) is 22.6 Å². The highest BCUT2D eigenvalue weighted by atomic mass is 32.1. The molecule has 0 aromatic carbocycles. The molecule has 2 saturated heterocycles. The summed E-state index contributed by atoms with van der Waals surface area (Å²) in [5.41, 5.74) is 0. The van der Waals surface area contributed by atoms with Gasteiger partial charge in [-0.25, -0.2) is 0 Å². The van der Waals surface area contributed by atoms with E-state index in [0.717, 1.165) is 48.7 Å². The molecule has 2 fully saturated rings. The van der Waals surface area contributed by atoms with Crippen molar-refractivity contribution in [3.63, 3.8) is 0 Å². The van der Waals surface area contributed by atoms with Crippen molar-refractivity contribution >= 4 is 34.9 Å². The second kappa shape index (κ2) is 9.85. The van der Waals surface area contributed by atoms with Gasteiger partial charge in [-0.05, 0) is 76.2 Å². The van der Waals surface area contributed by atoms with Crippen molar-refractivity contribution in [2.24, 2.45) is 5.92 Å². The quantitative estimate of drug-likeness (QED) is 0.657. The first-order chi connectivity index (χ1) is 15.0. The Morgan fingerprint density at radius 3 is 2.58 bits per heavy atom. The highest BCUT2D eigenvalue weighted by molar-refractivity contribution is 7.80. The number of hydrogen-bond donors (Lipinski definition) is 2. The maximum atomic E-state index is 5.61. The summed E-state index contributed by atoms with van der Waals surface area (Å²) in [4.78, 5) is 14.5. The van der Waals surface area contributed by atoms with Crippen LogP contribution in [-0.2, 0) is 6.54 Å². The average Bonchev–Trinajstić information content (AvgIpc) is 3.18. The topological polar surface area (TPSA) is 69.5 Å². The van der Waals surface area contributed by atoms with Gasteiger partial charge >= 0.3 is 0 Å². The molecule has 7 nitrogen and oxygen atoms in total. The van der Waals surface area contributed by atoms with E-state index in [1.54, 1.807) is 0 Å². The molecule has 8 heteroatoms. The molecule has 2 aliphatic heterocycles. The molecular weight excluding hydrogens is 408 g/mol. The van der Waals surface area contributed by atoms with Crippen molar-refractivity contribution < 1.29 is 4.42 Å². The Hall–Kier alpha value is -2.35. The zero-order valence-corrected chi connectivity index (χ0v) is 19.7. The molecule has 0 bridgehead atoms. The van der Waals surface area contributed by atoms with E-state index in [9.17, 15) is 0 Å². The number of aromatic nitrogens is 2. The van der Waals surface area contributed by atoms with Gasteiger partial charge in [0.05, 0.1) is 6.54 Å². The Bertz CT molecular complexity index is 892. The molecule has 0 radical (unpaired) electrons. The first kappa shape index (κ1) is 21.9. The van der Waals surface area contributed by atoms with Crippen LogP contribution >= 0.6 is 12.2 Å². The third-order valence-corrected chi connectivity index (χ3v) is 6.59. The molecule has 4 heterocycles. The van der Waals surface area contributed by atoms with E-state index in [4.69, 9.17) is 26.6 Å². The maximum Gasteiger partial charge on any atom is 0.232 e. The van der Waals surface area contributed by atoms with Gasteiger partial charge in [0.2, 0.25) is 5.95 Å². The monoisotopic (exact) mass is 442 g/mol. The lowest BCUT2D eigenvalue weighted by atomic mass is 9.99. The average molecular weight is 443 g/mol. The molecule has 0 unspecified atom stereocenters. The lowest BCUT2D eigenvalue weighted by molar-refractivity contribution is 0.436. The third-order valence-electron chi connectivity index (χ3n) is 6.35. The van der Waals surface area contributed by atoms with Gasteiger partial charge in [-0.3, -0.25) is 0 Å². The lowest BCUT2D eigenvalue weighted by Crippen LogP contribution is -2.39. The summed E-state index contributed by atoms with van der Waals surface area (Å²) >= 11 is 5.51. The predicted molar refractivity (Wildman–Crippen MR) is 130 cm³/mol. The van der Waals surface area contributed by atoms with E-state index < -0.39 is 0 Å². The van der Waals surface area contributed by atoms with Crippen LogP contribution < -0.4 is 20.4 Å². The van der Waals surface area contributed by atoms with Gasteiger partial charge in [0.15, 0.2) is 5.11 Å². The van der Waals surface area contributed by atoms with E-state index in [1.807, 2.05) is 19.1 Å². The fraction of sp³-hybridized carbons (Fsp3) is 0.609. The normalized spacial score (nSPS) is 20.0. The van der Waals surface area contributed by atoms with Crippen molar-refractivity contribution in [3.05, 3.63) is 29.7 Å². The van der Waals surface area contributed by atoms with Crippen molar-refractivity contribution in [1.82, 2.24) is 15.3 Å². The summed E-state index contributed by atoms with van der Waals surface area (Å²) < 4.78 is 5.61. The van der Waals surface area contributed by atoms with Crippen LogP contribution in [0.3, 0.4) is 0 Å². The van der Waals surface area contributed by atoms with Gasteiger partial charge in [0.1, 0.15) is 23.2 Å². The number of rotatable bonds is 5. The number of anilines is 3. The fourth-order valence-electron chi connectivity index (χ4n) is 4.36. The highest BCUT2D eigenvalue weighted by Gasteiger charge is 2.24. The first-order valence-corrected chi connectivity index (χ1v) is 11.9. The van der Waals surface area contributed by atoms with E-state index in [0.29, 0.717) is 23.6 Å². The molecule has 0 aliphatic carbocycles. The van der Waals surface area contributed by atoms with Crippen molar-refractivity contribution in [1.29, 1.82) is 0 Å². The number of nitrogens with zero attached hydrogens (tertiary/aromatic N) is 4.